The zero-order valence-electron chi connectivity index (χ0n) is 13.9. The highest BCUT2D eigenvalue weighted by molar-refractivity contribution is 7.91. The van der Waals surface area contributed by atoms with Gasteiger partial charge in [-0.25, -0.2) is 13.4 Å². The number of benzene rings is 1. The van der Waals surface area contributed by atoms with Gasteiger partial charge in [0.15, 0.2) is 0 Å². The molecule has 7 heteroatoms. The molecule has 0 spiro atoms. The van der Waals surface area contributed by atoms with Gasteiger partial charge in [0.25, 0.3) is 10.0 Å². The Hall–Kier alpha value is -1.96. The second kappa shape index (κ2) is 6.40. The molecule has 1 aliphatic rings. The number of hydrogen-bond acceptors (Lipinski definition) is 5. The summed E-state index contributed by atoms with van der Waals surface area (Å²) in [5.41, 5.74) is 1.11. The Morgan fingerprint density at radius 3 is 2.52 bits per heavy atom. The summed E-state index contributed by atoms with van der Waals surface area (Å²) < 4.78 is 29.0. The second-order valence-corrected chi connectivity index (χ2v) is 9.39. The molecule has 0 N–H and O–H groups in total. The lowest BCUT2D eigenvalue weighted by Crippen LogP contribution is -2.48. The van der Waals surface area contributed by atoms with Crippen molar-refractivity contribution < 1.29 is 8.42 Å². The lowest BCUT2D eigenvalue weighted by Gasteiger charge is -2.35. The zero-order chi connectivity index (χ0) is 17.4. The van der Waals surface area contributed by atoms with Crippen LogP contribution in [0.3, 0.4) is 0 Å². The number of sulfonamides is 1. The molecule has 1 fully saturated rings. The minimum atomic E-state index is -3.43. The fourth-order valence-electron chi connectivity index (χ4n) is 3.16. The molecule has 3 heterocycles. The topological polar surface area (TPSA) is 53.5 Å². The average molecular weight is 374 g/mol. The third-order valence-electron chi connectivity index (χ3n) is 4.52. The maximum atomic E-state index is 13.0. The monoisotopic (exact) mass is 373 g/mol. The first-order valence-electron chi connectivity index (χ1n) is 8.21. The highest BCUT2D eigenvalue weighted by atomic mass is 32.2. The molecule has 0 radical (unpaired) electrons. The van der Waals surface area contributed by atoms with E-state index in [1.54, 1.807) is 16.6 Å². The van der Waals surface area contributed by atoms with Crippen molar-refractivity contribution >= 4 is 37.3 Å². The molecule has 0 amide bonds. The van der Waals surface area contributed by atoms with E-state index >= 15 is 0 Å². The van der Waals surface area contributed by atoms with E-state index in [0.717, 1.165) is 21.5 Å². The van der Waals surface area contributed by atoms with Crippen molar-refractivity contribution in [3.8, 4) is 0 Å². The fourth-order valence-corrected chi connectivity index (χ4v) is 6.14. The predicted octanol–water partition coefficient (Wildman–Crippen LogP) is 3.12. The number of piperazine rings is 1. The van der Waals surface area contributed by atoms with Gasteiger partial charge in [-0.05, 0) is 36.1 Å². The van der Waals surface area contributed by atoms with Crippen molar-refractivity contribution in [1.82, 2.24) is 9.29 Å². The minimum absolute atomic E-state index is 0.427. The Morgan fingerprint density at radius 2 is 1.80 bits per heavy atom. The number of nitrogens with zero attached hydrogens (tertiary/aromatic N) is 3. The first-order valence-corrected chi connectivity index (χ1v) is 10.5. The van der Waals surface area contributed by atoms with E-state index in [0.29, 0.717) is 30.4 Å². The molecule has 130 valence electrons. The van der Waals surface area contributed by atoms with Gasteiger partial charge in [0, 0.05) is 37.1 Å². The van der Waals surface area contributed by atoms with Crippen LogP contribution in [0.4, 0.5) is 5.82 Å². The van der Waals surface area contributed by atoms with Crippen LogP contribution in [0, 0.1) is 6.92 Å². The molecule has 0 atom stereocenters. The van der Waals surface area contributed by atoms with Gasteiger partial charge in [0.05, 0.1) is 0 Å². The van der Waals surface area contributed by atoms with E-state index in [9.17, 15) is 8.42 Å². The number of hydrogen-bond donors (Lipinski definition) is 0. The molecular formula is C18H19N3O2S2. The van der Waals surface area contributed by atoms with Crippen LogP contribution in [0.15, 0.2) is 52.9 Å². The molecule has 0 unspecified atom stereocenters. The molecule has 2 aromatic heterocycles. The molecule has 25 heavy (non-hydrogen) atoms. The lowest BCUT2D eigenvalue weighted by molar-refractivity contribution is 0.384. The quantitative estimate of drug-likeness (QED) is 0.708. The summed E-state index contributed by atoms with van der Waals surface area (Å²) in [6.07, 6.45) is 1.78. The normalized spacial score (nSPS) is 16.4. The van der Waals surface area contributed by atoms with Crippen LogP contribution in [0.1, 0.15) is 5.56 Å². The van der Waals surface area contributed by atoms with Crippen LogP contribution in [0.5, 0.6) is 0 Å². The average Bonchev–Trinajstić information content (AvgIpc) is 3.07. The Bertz CT molecular complexity index is 973. The van der Waals surface area contributed by atoms with Crippen LogP contribution in [0.25, 0.3) is 10.1 Å². The summed E-state index contributed by atoms with van der Waals surface area (Å²) in [5.74, 6) is 0.946. The van der Waals surface area contributed by atoms with Gasteiger partial charge in [-0.1, -0.05) is 24.3 Å². The van der Waals surface area contributed by atoms with E-state index in [-0.39, 0.29) is 0 Å². The minimum Gasteiger partial charge on any atom is -0.354 e. The van der Waals surface area contributed by atoms with Crippen molar-refractivity contribution in [2.45, 2.75) is 11.1 Å². The summed E-state index contributed by atoms with van der Waals surface area (Å²) in [7, 11) is -3.43. The van der Waals surface area contributed by atoms with Crippen LogP contribution >= 0.6 is 11.3 Å². The number of anilines is 1. The molecule has 1 saturated heterocycles. The second-order valence-electron chi connectivity index (χ2n) is 6.14. The Labute approximate surface area is 151 Å². The molecule has 5 nitrogen and oxygen atoms in total. The van der Waals surface area contributed by atoms with Gasteiger partial charge in [0.1, 0.15) is 10.0 Å². The van der Waals surface area contributed by atoms with Gasteiger partial charge in [-0.15, -0.1) is 11.3 Å². The van der Waals surface area contributed by atoms with Crippen LogP contribution < -0.4 is 4.90 Å². The number of pyridine rings is 1. The number of rotatable bonds is 3. The highest BCUT2D eigenvalue weighted by Gasteiger charge is 2.30. The summed E-state index contributed by atoms with van der Waals surface area (Å²) in [6.45, 7) is 4.30. The smallest absolute Gasteiger partial charge is 0.252 e. The maximum absolute atomic E-state index is 13.0. The third kappa shape index (κ3) is 3.03. The number of thiophene rings is 1. The number of fused-ring (bicyclic) bond motifs is 1. The Kier molecular flexibility index (Phi) is 4.23. The van der Waals surface area contributed by atoms with Crippen LogP contribution in [0.2, 0.25) is 0 Å². The molecule has 0 saturated carbocycles. The largest absolute Gasteiger partial charge is 0.354 e. The first kappa shape index (κ1) is 16.5. The Morgan fingerprint density at radius 1 is 1.04 bits per heavy atom. The number of aryl methyl sites for hydroxylation is 1. The summed E-state index contributed by atoms with van der Waals surface area (Å²) in [6, 6.07) is 13.5. The van der Waals surface area contributed by atoms with E-state index in [1.807, 2.05) is 43.3 Å². The number of aromatic nitrogens is 1. The van der Waals surface area contributed by atoms with E-state index in [1.165, 1.54) is 11.3 Å². The molecule has 0 aliphatic carbocycles. The van der Waals surface area contributed by atoms with E-state index in [4.69, 9.17) is 0 Å². The Balaban J connectivity index is 1.54. The van der Waals surface area contributed by atoms with Crippen molar-refractivity contribution in [3.63, 3.8) is 0 Å². The van der Waals surface area contributed by atoms with Gasteiger partial charge in [0.2, 0.25) is 0 Å². The standard InChI is InChI=1S/C18H19N3O2S2/c1-14-5-4-8-19-18(14)20-9-11-21(12-10-20)25(22,23)17-13-15-6-2-3-7-16(15)24-17/h2-8,13H,9-12H2,1H3. The summed E-state index contributed by atoms with van der Waals surface area (Å²) in [5, 5.41) is 0.980. The molecule has 3 aromatic rings. The molecule has 4 rings (SSSR count). The van der Waals surface area contributed by atoms with Gasteiger partial charge >= 0.3 is 0 Å². The van der Waals surface area contributed by atoms with Gasteiger partial charge in [-0.3, -0.25) is 0 Å². The highest BCUT2D eigenvalue weighted by Crippen LogP contribution is 2.31. The van der Waals surface area contributed by atoms with Crippen molar-refractivity contribution in [3.05, 3.63) is 54.2 Å². The molecule has 1 aromatic carbocycles. The lowest BCUT2D eigenvalue weighted by atomic mass is 10.2. The molecular weight excluding hydrogens is 354 g/mol. The first-order chi connectivity index (χ1) is 12.1. The van der Waals surface area contributed by atoms with Gasteiger partial charge in [-0.2, -0.15) is 4.31 Å². The van der Waals surface area contributed by atoms with Crippen LogP contribution in [-0.4, -0.2) is 43.9 Å². The third-order valence-corrected chi connectivity index (χ3v) is 7.98. The predicted molar refractivity (Wildman–Crippen MR) is 102 cm³/mol. The zero-order valence-corrected chi connectivity index (χ0v) is 15.6. The summed E-state index contributed by atoms with van der Waals surface area (Å²) >= 11 is 1.34. The SMILES string of the molecule is Cc1cccnc1N1CCN(S(=O)(=O)c2cc3ccccc3s2)CC1. The molecule has 1 aliphatic heterocycles. The van der Waals surface area contributed by atoms with E-state index in [2.05, 4.69) is 9.88 Å². The van der Waals surface area contributed by atoms with Crippen molar-refractivity contribution in [1.29, 1.82) is 0 Å². The summed E-state index contributed by atoms with van der Waals surface area (Å²) in [4.78, 5) is 6.60. The molecule has 0 bridgehead atoms. The fraction of sp³-hybridized carbons (Fsp3) is 0.278. The maximum Gasteiger partial charge on any atom is 0.252 e. The van der Waals surface area contributed by atoms with E-state index < -0.39 is 10.0 Å². The van der Waals surface area contributed by atoms with Crippen LogP contribution in [-0.2, 0) is 10.0 Å². The van der Waals surface area contributed by atoms with Crippen molar-refractivity contribution in [2.75, 3.05) is 31.1 Å². The van der Waals surface area contributed by atoms with Gasteiger partial charge < -0.3 is 4.90 Å². The van der Waals surface area contributed by atoms with Crippen molar-refractivity contribution in [2.24, 2.45) is 0 Å².